The van der Waals surface area contributed by atoms with Crippen molar-refractivity contribution in [2.75, 3.05) is 20.1 Å². The summed E-state index contributed by atoms with van der Waals surface area (Å²) in [4.78, 5) is 18.5. The van der Waals surface area contributed by atoms with Crippen molar-refractivity contribution in [3.63, 3.8) is 0 Å². The summed E-state index contributed by atoms with van der Waals surface area (Å²) in [5.74, 6) is 0.926. The van der Waals surface area contributed by atoms with Crippen LogP contribution in [0.15, 0.2) is 54.7 Å². The largest absolute Gasteiger partial charge is 0.361 e. The SMILES string of the molecule is CN1C[C@H](CNC(=O)/C=C/c2ccccc2)C[C@@H]2c3cc(C(C)(C)C)cc4[nH]cc(c34)C[C@H]21. The first-order valence-corrected chi connectivity index (χ1v) is 12.1. The Morgan fingerprint density at radius 3 is 2.76 bits per heavy atom. The quantitative estimate of drug-likeness (QED) is 0.543. The summed E-state index contributed by atoms with van der Waals surface area (Å²) in [5, 5.41) is 4.59. The number of aromatic nitrogens is 1. The number of aromatic amines is 1. The lowest BCUT2D eigenvalue weighted by Crippen LogP contribution is -2.50. The number of H-pyrrole nitrogens is 1. The highest BCUT2D eigenvalue weighted by Gasteiger charge is 2.40. The zero-order valence-corrected chi connectivity index (χ0v) is 20.2. The van der Waals surface area contributed by atoms with Gasteiger partial charge in [-0.2, -0.15) is 0 Å². The number of piperidine rings is 1. The van der Waals surface area contributed by atoms with Crippen LogP contribution in [0.4, 0.5) is 0 Å². The zero-order chi connectivity index (χ0) is 23.2. The van der Waals surface area contributed by atoms with Gasteiger partial charge in [0.2, 0.25) is 5.91 Å². The maximum atomic E-state index is 12.4. The Morgan fingerprint density at radius 1 is 1.21 bits per heavy atom. The molecule has 0 spiro atoms. The molecule has 4 heteroatoms. The van der Waals surface area contributed by atoms with Crippen LogP contribution in [0.2, 0.25) is 0 Å². The van der Waals surface area contributed by atoms with Crippen molar-refractivity contribution in [2.24, 2.45) is 5.92 Å². The molecule has 0 saturated carbocycles. The molecule has 2 aromatic carbocycles. The van der Waals surface area contributed by atoms with Gasteiger partial charge in [0.25, 0.3) is 0 Å². The number of rotatable bonds is 4. The number of nitrogens with one attached hydrogen (secondary N) is 2. The summed E-state index contributed by atoms with van der Waals surface area (Å²) in [7, 11) is 2.25. The normalized spacial score (nSPS) is 23.1. The predicted octanol–water partition coefficient (Wildman–Crippen LogP) is 5.26. The van der Waals surface area contributed by atoms with Gasteiger partial charge in [0.05, 0.1) is 0 Å². The van der Waals surface area contributed by atoms with Crippen LogP contribution in [0, 0.1) is 5.92 Å². The zero-order valence-electron chi connectivity index (χ0n) is 20.2. The van der Waals surface area contributed by atoms with Crippen LogP contribution in [0.5, 0.6) is 0 Å². The van der Waals surface area contributed by atoms with Crippen molar-refractivity contribution in [3.8, 4) is 0 Å². The lowest BCUT2D eigenvalue weighted by atomic mass is 9.71. The molecule has 1 aliphatic carbocycles. The van der Waals surface area contributed by atoms with E-state index in [9.17, 15) is 4.79 Å². The number of benzene rings is 2. The molecule has 1 aliphatic heterocycles. The third-order valence-corrected chi connectivity index (χ3v) is 7.54. The Bertz CT molecular complexity index is 1180. The lowest BCUT2D eigenvalue weighted by molar-refractivity contribution is -0.116. The van der Waals surface area contributed by atoms with E-state index in [0.29, 0.717) is 24.4 Å². The minimum Gasteiger partial charge on any atom is -0.361 e. The highest BCUT2D eigenvalue weighted by atomic mass is 16.1. The van der Waals surface area contributed by atoms with Gasteiger partial charge in [-0.25, -0.2) is 0 Å². The molecule has 3 aromatic rings. The fourth-order valence-corrected chi connectivity index (χ4v) is 5.75. The maximum absolute atomic E-state index is 12.4. The number of amides is 1. The van der Waals surface area contributed by atoms with E-state index in [1.807, 2.05) is 36.4 Å². The number of nitrogens with zero attached hydrogens (tertiary/aromatic N) is 1. The van der Waals surface area contributed by atoms with Crippen molar-refractivity contribution in [1.82, 2.24) is 15.2 Å². The van der Waals surface area contributed by atoms with Crippen LogP contribution in [0.1, 0.15) is 55.4 Å². The Labute approximate surface area is 197 Å². The van der Waals surface area contributed by atoms with Gasteiger partial charge in [0.1, 0.15) is 0 Å². The van der Waals surface area contributed by atoms with Crippen molar-refractivity contribution >= 4 is 22.9 Å². The van der Waals surface area contributed by atoms with Crippen LogP contribution in [0.25, 0.3) is 17.0 Å². The molecular weight excluding hydrogens is 406 g/mol. The predicted molar refractivity (Wildman–Crippen MR) is 136 cm³/mol. The molecule has 1 fully saturated rings. The van der Waals surface area contributed by atoms with Gasteiger partial charge in [0.15, 0.2) is 0 Å². The molecule has 2 N–H and O–H groups in total. The van der Waals surface area contributed by atoms with Crippen LogP contribution < -0.4 is 5.32 Å². The molecule has 2 aliphatic rings. The smallest absolute Gasteiger partial charge is 0.244 e. The molecule has 172 valence electrons. The number of fused-ring (bicyclic) bond motifs is 2. The van der Waals surface area contributed by atoms with Gasteiger partial charge >= 0.3 is 0 Å². The van der Waals surface area contributed by atoms with Crippen molar-refractivity contribution in [1.29, 1.82) is 0 Å². The lowest BCUT2D eigenvalue weighted by Gasteiger charge is -2.46. The first kappa shape index (κ1) is 22.0. The second-order valence-electron chi connectivity index (χ2n) is 11.0. The van der Waals surface area contributed by atoms with E-state index in [4.69, 9.17) is 0 Å². The number of hydrogen-bond donors (Lipinski definition) is 2. The van der Waals surface area contributed by atoms with Crippen LogP contribution in [-0.4, -0.2) is 42.0 Å². The van der Waals surface area contributed by atoms with Crippen LogP contribution in [-0.2, 0) is 16.6 Å². The molecule has 1 saturated heterocycles. The van der Waals surface area contributed by atoms with Gasteiger partial charge in [0, 0.05) is 48.2 Å². The van der Waals surface area contributed by atoms with Crippen molar-refractivity contribution in [2.45, 2.75) is 51.0 Å². The van der Waals surface area contributed by atoms with Gasteiger partial charge in [-0.3, -0.25) is 4.79 Å². The first-order chi connectivity index (χ1) is 15.8. The van der Waals surface area contributed by atoms with Crippen LogP contribution >= 0.6 is 0 Å². The maximum Gasteiger partial charge on any atom is 0.244 e. The minimum atomic E-state index is -0.0164. The van der Waals surface area contributed by atoms with E-state index in [-0.39, 0.29) is 11.3 Å². The summed E-state index contributed by atoms with van der Waals surface area (Å²) in [6, 6.07) is 15.3. The van der Waals surface area contributed by atoms with E-state index in [1.54, 1.807) is 6.08 Å². The van der Waals surface area contributed by atoms with Crippen molar-refractivity contribution < 1.29 is 4.79 Å². The molecule has 2 heterocycles. The van der Waals surface area contributed by atoms with E-state index in [1.165, 1.54) is 27.6 Å². The van der Waals surface area contributed by atoms with Crippen LogP contribution in [0.3, 0.4) is 0 Å². The fourth-order valence-electron chi connectivity index (χ4n) is 5.75. The molecule has 4 nitrogen and oxygen atoms in total. The highest BCUT2D eigenvalue weighted by Crippen LogP contribution is 2.45. The number of likely N-dealkylation sites (N-methyl/N-ethyl adjacent to an activating group) is 1. The van der Waals surface area contributed by atoms with E-state index in [2.05, 4.69) is 61.3 Å². The molecular formula is C29H35N3O. The standard InChI is InChI=1S/C29H35N3O/c1-29(2,3)22-14-24-23-12-20(16-31-27(33)11-10-19-8-6-5-7-9-19)18-32(4)26(23)13-21-17-30-25(15-22)28(21)24/h5-11,14-15,17,20,23,26,30H,12-13,16,18H2,1-4H3,(H,31,33)/b11-10+/t20-,23+,26+/m0/s1. The van der Waals surface area contributed by atoms with E-state index >= 15 is 0 Å². The summed E-state index contributed by atoms with van der Waals surface area (Å²) in [6.07, 6.45) is 7.96. The Kier molecular flexibility index (Phi) is 5.65. The monoisotopic (exact) mass is 441 g/mol. The van der Waals surface area contributed by atoms with E-state index in [0.717, 1.165) is 24.9 Å². The highest BCUT2D eigenvalue weighted by molar-refractivity contribution is 5.91. The average Bonchev–Trinajstić information content (AvgIpc) is 3.21. The number of likely N-dealkylation sites (tertiary alicyclic amines) is 1. The number of carbonyl (C=O) groups is 1. The Balaban J connectivity index is 1.34. The van der Waals surface area contributed by atoms with Crippen molar-refractivity contribution in [3.05, 3.63) is 77.0 Å². The molecule has 33 heavy (non-hydrogen) atoms. The minimum absolute atomic E-state index is 0.0164. The average molecular weight is 442 g/mol. The van der Waals surface area contributed by atoms with E-state index < -0.39 is 0 Å². The molecule has 0 radical (unpaired) electrons. The molecule has 1 amide bonds. The number of hydrogen-bond acceptors (Lipinski definition) is 2. The fraction of sp³-hybridized carbons (Fsp3) is 0.414. The summed E-state index contributed by atoms with van der Waals surface area (Å²) in [6.45, 7) is 8.61. The molecule has 0 unspecified atom stereocenters. The molecule has 0 bridgehead atoms. The summed E-state index contributed by atoms with van der Waals surface area (Å²) in [5.41, 5.74) is 6.77. The topological polar surface area (TPSA) is 48.1 Å². The molecule has 1 aromatic heterocycles. The summed E-state index contributed by atoms with van der Waals surface area (Å²) < 4.78 is 0. The third kappa shape index (κ3) is 4.37. The Hall–Kier alpha value is -2.85. The second kappa shape index (κ2) is 8.49. The first-order valence-electron chi connectivity index (χ1n) is 12.1. The van der Waals surface area contributed by atoms with Gasteiger partial charge in [-0.05, 0) is 65.6 Å². The summed E-state index contributed by atoms with van der Waals surface area (Å²) >= 11 is 0. The third-order valence-electron chi connectivity index (χ3n) is 7.54. The number of carbonyl (C=O) groups excluding carboxylic acids is 1. The molecule has 5 rings (SSSR count). The van der Waals surface area contributed by atoms with Gasteiger partial charge < -0.3 is 15.2 Å². The Morgan fingerprint density at radius 2 is 2.00 bits per heavy atom. The molecule has 3 atom stereocenters. The second-order valence-corrected chi connectivity index (χ2v) is 11.0. The van der Waals surface area contributed by atoms with Gasteiger partial charge in [-0.15, -0.1) is 0 Å². The van der Waals surface area contributed by atoms with Gasteiger partial charge in [-0.1, -0.05) is 57.2 Å².